The number of carbonyl (C=O) groups excluding carboxylic acids is 1. The summed E-state index contributed by atoms with van der Waals surface area (Å²) in [6.07, 6.45) is 0.742. The van der Waals surface area contributed by atoms with E-state index in [2.05, 4.69) is 28.4 Å². The molecule has 2 aromatic carbocycles. The SMILES string of the molecule is COC[C@@H](Cc1ccccc1)N(C)C(=O)Nc1cccc(N2CCOCC2)c1. The zero-order valence-electron chi connectivity index (χ0n) is 16.6. The van der Waals surface area contributed by atoms with E-state index in [1.165, 1.54) is 5.56 Å². The summed E-state index contributed by atoms with van der Waals surface area (Å²) in [7, 11) is 3.48. The molecule has 6 nitrogen and oxygen atoms in total. The highest BCUT2D eigenvalue weighted by Crippen LogP contribution is 2.21. The average molecular weight is 383 g/mol. The van der Waals surface area contributed by atoms with Gasteiger partial charge in [-0.05, 0) is 30.2 Å². The smallest absolute Gasteiger partial charge is 0.321 e. The van der Waals surface area contributed by atoms with Gasteiger partial charge in [0.05, 0.1) is 25.9 Å². The van der Waals surface area contributed by atoms with Gasteiger partial charge in [-0.25, -0.2) is 4.79 Å². The number of likely N-dealkylation sites (N-methyl/N-ethyl adjacent to an activating group) is 1. The van der Waals surface area contributed by atoms with E-state index in [0.29, 0.717) is 6.61 Å². The van der Waals surface area contributed by atoms with Crippen molar-refractivity contribution in [1.29, 1.82) is 0 Å². The van der Waals surface area contributed by atoms with Gasteiger partial charge in [0.15, 0.2) is 0 Å². The summed E-state index contributed by atoms with van der Waals surface area (Å²) >= 11 is 0. The standard InChI is InChI=1S/C22H29N3O3/c1-24(21(17-27-2)15-18-7-4-3-5-8-18)22(26)23-19-9-6-10-20(16-19)25-11-13-28-14-12-25/h3-10,16,21H,11-15,17H2,1-2H3,(H,23,26)/t21-/m1/s1. The van der Waals surface area contributed by atoms with Crippen LogP contribution >= 0.6 is 0 Å². The second-order valence-electron chi connectivity index (χ2n) is 6.99. The third kappa shape index (κ3) is 5.47. The number of nitrogens with one attached hydrogen (secondary N) is 1. The second-order valence-corrected chi connectivity index (χ2v) is 6.99. The van der Waals surface area contributed by atoms with Crippen LogP contribution in [-0.4, -0.2) is 64.0 Å². The van der Waals surface area contributed by atoms with E-state index in [1.807, 2.05) is 43.4 Å². The minimum Gasteiger partial charge on any atom is -0.383 e. The van der Waals surface area contributed by atoms with Crippen molar-refractivity contribution in [3.63, 3.8) is 0 Å². The van der Waals surface area contributed by atoms with E-state index in [4.69, 9.17) is 9.47 Å². The zero-order valence-corrected chi connectivity index (χ0v) is 16.6. The van der Waals surface area contributed by atoms with Gasteiger partial charge in [-0.3, -0.25) is 0 Å². The molecule has 0 aromatic heterocycles. The fourth-order valence-electron chi connectivity index (χ4n) is 3.37. The van der Waals surface area contributed by atoms with Crippen LogP contribution in [0.1, 0.15) is 5.56 Å². The quantitative estimate of drug-likeness (QED) is 0.798. The number of hydrogen-bond donors (Lipinski definition) is 1. The lowest BCUT2D eigenvalue weighted by Gasteiger charge is -2.30. The van der Waals surface area contributed by atoms with Gasteiger partial charge < -0.3 is 24.6 Å². The van der Waals surface area contributed by atoms with Gasteiger partial charge in [-0.2, -0.15) is 0 Å². The number of amides is 2. The van der Waals surface area contributed by atoms with Gasteiger partial charge in [0.2, 0.25) is 0 Å². The average Bonchev–Trinajstić information content (AvgIpc) is 2.74. The van der Waals surface area contributed by atoms with Gasteiger partial charge in [-0.1, -0.05) is 36.4 Å². The van der Waals surface area contributed by atoms with Crippen LogP contribution in [0, 0.1) is 0 Å². The van der Waals surface area contributed by atoms with Crippen molar-refractivity contribution in [3.05, 3.63) is 60.2 Å². The summed E-state index contributed by atoms with van der Waals surface area (Å²) in [5, 5.41) is 3.02. The van der Waals surface area contributed by atoms with Crippen molar-refractivity contribution < 1.29 is 14.3 Å². The summed E-state index contributed by atoms with van der Waals surface area (Å²) in [4.78, 5) is 16.8. The molecule has 1 fully saturated rings. The first-order valence-corrected chi connectivity index (χ1v) is 9.67. The number of hydrogen-bond acceptors (Lipinski definition) is 4. The highest BCUT2D eigenvalue weighted by atomic mass is 16.5. The fourth-order valence-corrected chi connectivity index (χ4v) is 3.37. The molecular formula is C22H29N3O3. The van der Waals surface area contributed by atoms with Crippen molar-refractivity contribution in [2.45, 2.75) is 12.5 Å². The third-order valence-corrected chi connectivity index (χ3v) is 5.01. The minimum atomic E-state index is -0.142. The molecule has 3 rings (SSSR count). The topological polar surface area (TPSA) is 54.0 Å². The number of ether oxygens (including phenoxy) is 2. The Labute approximate surface area is 167 Å². The van der Waals surface area contributed by atoms with Gasteiger partial charge in [0, 0.05) is 38.6 Å². The first kappa shape index (κ1) is 20.2. The Bertz CT molecular complexity index is 748. The third-order valence-electron chi connectivity index (χ3n) is 5.01. The molecule has 2 amide bonds. The van der Waals surface area contributed by atoms with Crippen LogP contribution in [0.25, 0.3) is 0 Å². The van der Waals surface area contributed by atoms with Crippen molar-refractivity contribution in [1.82, 2.24) is 4.90 Å². The lowest BCUT2D eigenvalue weighted by molar-refractivity contribution is 0.120. The Kier molecular flexibility index (Phi) is 7.28. The molecule has 0 bridgehead atoms. The van der Waals surface area contributed by atoms with E-state index in [9.17, 15) is 4.79 Å². The van der Waals surface area contributed by atoms with Crippen molar-refractivity contribution in [2.75, 3.05) is 57.3 Å². The Morgan fingerprint density at radius 2 is 1.93 bits per heavy atom. The molecule has 1 N–H and O–H groups in total. The van der Waals surface area contributed by atoms with E-state index in [0.717, 1.165) is 44.1 Å². The Balaban J connectivity index is 1.64. The van der Waals surface area contributed by atoms with E-state index in [1.54, 1.807) is 12.0 Å². The number of urea groups is 1. The Morgan fingerprint density at radius 1 is 1.18 bits per heavy atom. The summed E-state index contributed by atoms with van der Waals surface area (Å²) in [5.41, 5.74) is 3.07. The molecule has 150 valence electrons. The van der Waals surface area contributed by atoms with Gasteiger partial charge in [0.1, 0.15) is 0 Å². The summed E-state index contributed by atoms with van der Waals surface area (Å²) < 4.78 is 10.8. The van der Waals surface area contributed by atoms with Crippen molar-refractivity contribution in [2.24, 2.45) is 0 Å². The molecule has 0 unspecified atom stereocenters. The minimum absolute atomic E-state index is 0.0465. The van der Waals surface area contributed by atoms with Crippen LogP contribution in [0.4, 0.5) is 16.2 Å². The molecule has 1 atom stereocenters. The number of anilines is 2. The zero-order chi connectivity index (χ0) is 19.8. The van der Waals surface area contributed by atoms with Crippen LogP contribution in [-0.2, 0) is 15.9 Å². The first-order chi connectivity index (χ1) is 13.7. The lowest BCUT2D eigenvalue weighted by atomic mass is 10.1. The number of benzene rings is 2. The number of morpholine rings is 1. The summed E-state index contributed by atoms with van der Waals surface area (Å²) in [6, 6.07) is 17.9. The van der Waals surface area contributed by atoms with Crippen LogP contribution in [0.2, 0.25) is 0 Å². The maximum Gasteiger partial charge on any atom is 0.321 e. The molecule has 0 saturated carbocycles. The van der Waals surface area contributed by atoms with E-state index in [-0.39, 0.29) is 12.1 Å². The highest BCUT2D eigenvalue weighted by Gasteiger charge is 2.21. The second kappa shape index (κ2) is 10.1. The van der Waals surface area contributed by atoms with Crippen molar-refractivity contribution >= 4 is 17.4 Å². The molecule has 2 aromatic rings. The molecule has 0 radical (unpaired) electrons. The fraction of sp³-hybridized carbons (Fsp3) is 0.409. The number of rotatable bonds is 7. The number of nitrogens with zero attached hydrogens (tertiary/aromatic N) is 2. The summed E-state index contributed by atoms with van der Waals surface area (Å²) in [6.45, 7) is 3.68. The number of methoxy groups -OCH3 is 1. The highest BCUT2D eigenvalue weighted by molar-refractivity contribution is 5.90. The monoisotopic (exact) mass is 383 g/mol. The predicted octanol–water partition coefficient (Wildman–Crippen LogP) is 3.24. The van der Waals surface area contributed by atoms with Crippen LogP contribution in [0.5, 0.6) is 0 Å². The Morgan fingerprint density at radius 3 is 2.64 bits per heavy atom. The lowest BCUT2D eigenvalue weighted by Crippen LogP contribution is -2.43. The molecular weight excluding hydrogens is 354 g/mol. The molecule has 1 heterocycles. The van der Waals surface area contributed by atoms with Gasteiger partial charge in [-0.15, -0.1) is 0 Å². The van der Waals surface area contributed by atoms with Gasteiger partial charge in [0.25, 0.3) is 0 Å². The molecule has 1 saturated heterocycles. The molecule has 6 heteroatoms. The first-order valence-electron chi connectivity index (χ1n) is 9.67. The van der Waals surface area contributed by atoms with E-state index >= 15 is 0 Å². The largest absolute Gasteiger partial charge is 0.383 e. The molecule has 28 heavy (non-hydrogen) atoms. The van der Waals surface area contributed by atoms with Gasteiger partial charge >= 0.3 is 6.03 Å². The Hall–Kier alpha value is -2.57. The molecule has 0 aliphatic carbocycles. The molecule has 1 aliphatic heterocycles. The normalized spacial score (nSPS) is 15.1. The predicted molar refractivity (Wildman–Crippen MR) is 112 cm³/mol. The van der Waals surface area contributed by atoms with Crippen LogP contribution in [0.15, 0.2) is 54.6 Å². The maximum absolute atomic E-state index is 12.8. The molecule has 0 spiro atoms. The number of carbonyl (C=O) groups is 1. The van der Waals surface area contributed by atoms with Crippen molar-refractivity contribution in [3.8, 4) is 0 Å². The maximum atomic E-state index is 12.8. The summed E-state index contributed by atoms with van der Waals surface area (Å²) in [5.74, 6) is 0. The molecule has 1 aliphatic rings. The van der Waals surface area contributed by atoms with Crippen LogP contribution < -0.4 is 10.2 Å². The van der Waals surface area contributed by atoms with Crippen LogP contribution in [0.3, 0.4) is 0 Å². The van der Waals surface area contributed by atoms with E-state index < -0.39 is 0 Å².